The maximum Gasteiger partial charge on any atom is 0.204 e. The third kappa shape index (κ3) is 4.53. The van der Waals surface area contributed by atoms with E-state index < -0.39 is 0 Å². The van der Waals surface area contributed by atoms with Gasteiger partial charge in [0.1, 0.15) is 13.2 Å². The summed E-state index contributed by atoms with van der Waals surface area (Å²) in [4.78, 5) is 6.31. The first-order valence-corrected chi connectivity index (χ1v) is 11.2. The molecular formula is C25H25N5O2S. The summed E-state index contributed by atoms with van der Waals surface area (Å²) in [5.41, 5.74) is 4.28. The van der Waals surface area contributed by atoms with Crippen molar-refractivity contribution in [3.05, 3.63) is 82.9 Å². The van der Waals surface area contributed by atoms with E-state index in [9.17, 15) is 0 Å². The van der Waals surface area contributed by atoms with Crippen LogP contribution < -0.4 is 9.47 Å². The third-order valence-corrected chi connectivity index (χ3v) is 5.90. The molecule has 0 aliphatic carbocycles. The van der Waals surface area contributed by atoms with E-state index in [0.717, 1.165) is 40.7 Å². The molecule has 0 radical (unpaired) electrons. The molecule has 0 fully saturated rings. The van der Waals surface area contributed by atoms with E-state index in [1.54, 1.807) is 12.4 Å². The number of pyridine rings is 1. The van der Waals surface area contributed by atoms with E-state index >= 15 is 0 Å². The van der Waals surface area contributed by atoms with Gasteiger partial charge < -0.3 is 9.47 Å². The minimum Gasteiger partial charge on any atom is -0.486 e. The van der Waals surface area contributed by atoms with Crippen molar-refractivity contribution in [2.24, 2.45) is 0 Å². The van der Waals surface area contributed by atoms with Gasteiger partial charge in [-0.2, -0.15) is 0 Å². The van der Waals surface area contributed by atoms with Crippen LogP contribution in [0.1, 0.15) is 11.1 Å². The molecule has 1 aliphatic rings. The van der Waals surface area contributed by atoms with Crippen molar-refractivity contribution in [2.75, 3.05) is 20.3 Å². The minimum absolute atomic E-state index is 0.546. The number of hydrogen-bond acceptors (Lipinski definition) is 6. The summed E-state index contributed by atoms with van der Waals surface area (Å²) >= 11 is 5.88. The summed E-state index contributed by atoms with van der Waals surface area (Å²) in [7, 11) is 2.05. The Morgan fingerprint density at radius 3 is 2.45 bits per heavy atom. The predicted octanol–water partition coefficient (Wildman–Crippen LogP) is 4.63. The lowest BCUT2D eigenvalue weighted by atomic mass is 10.2. The van der Waals surface area contributed by atoms with Gasteiger partial charge in [-0.25, -0.2) is 4.68 Å². The summed E-state index contributed by atoms with van der Waals surface area (Å²) in [5, 5.41) is 4.89. The van der Waals surface area contributed by atoms with Gasteiger partial charge in [0.05, 0.1) is 6.67 Å². The Bertz CT molecular complexity index is 1320. The van der Waals surface area contributed by atoms with Gasteiger partial charge in [0.2, 0.25) is 4.77 Å². The van der Waals surface area contributed by atoms with Crippen LogP contribution in [0, 0.1) is 11.7 Å². The van der Waals surface area contributed by atoms with Crippen LogP contribution in [0.4, 0.5) is 0 Å². The fourth-order valence-electron chi connectivity index (χ4n) is 3.89. The fraction of sp³-hybridized carbons (Fsp3) is 0.240. The molecule has 8 heteroatoms. The number of ether oxygens (including phenoxy) is 2. The maximum absolute atomic E-state index is 5.88. The van der Waals surface area contributed by atoms with Crippen molar-refractivity contribution < 1.29 is 9.47 Å². The van der Waals surface area contributed by atoms with Gasteiger partial charge in [0, 0.05) is 30.2 Å². The molecule has 33 heavy (non-hydrogen) atoms. The largest absolute Gasteiger partial charge is 0.486 e. The van der Waals surface area contributed by atoms with Crippen LogP contribution in [0.2, 0.25) is 0 Å². The highest BCUT2D eigenvalue weighted by Crippen LogP contribution is 2.31. The molecule has 0 bridgehead atoms. The van der Waals surface area contributed by atoms with E-state index in [-0.39, 0.29) is 0 Å². The number of benzene rings is 2. The van der Waals surface area contributed by atoms with Gasteiger partial charge in [0.15, 0.2) is 17.3 Å². The van der Waals surface area contributed by atoms with Crippen molar-refractivity contribution in [3.63, 3.8) is 0 Å². The molecule has 7 nitrogen and oxygen atoms in total. The maximum atomic E-state index is 5.88. The van der Waals surface area contributed by atoms with Crippen molar-refractivity contribution in [2.45, 2.75) is 20.1 Å². The zero-order chi connectivity index (χ0) is 22.8. The molecule has 0 saturated carbocycles. The lowest BCUT2D eigenvalue weighted by Crippen LogP contribution is -2.23. The van der Waals surface area contributed by atoms with E-state index in [1.165, 1.54) is 5.56 Å². The first-order chi connectivity index (χ1) is 16.1. The van der Waals surface area contributed by atoms with Crippen LogP contribution in [0.3, 0.4) is 0 Å². The fourth-order valence-corrected chi connectivity index (χ4v) is 4.18. The van der Waals surface area contributed by atoms with Crippen molar-refractivity contribution in [3.8, 4) is 28.6 Å². The SMILES string of the molecule is Cc1ccc(-n2c(-c3ccncc3)nn(CN(C)Cc3ccc4c(c3)OCCO4)c2=S)cc1. The van der Waals surface area contributed by atoms with Crippen LogP contribution in [-0.2, 0) is 13.2 Å². The monoisotopic (exact) mass is 459 g/mol. The summed E-state index contributed by atoms with van der Waals surface area (Å²) in [6, 6.07) is 18.3. The second-order valence-electron chi connectivity index (χ2n) is 8.15. The number of aromatic nitrogens is 4. The Morgan fingerprint density at radius 1 is 0.970 bits per heavy atom. The van der Waals surface area contributed by atoms with Gasteiger partial charge in [-0.1, -0.05) is 23.8 Å². The molecule has 0 saturated heterocycles. The van der Waals surface area contributed by atoms with Gasteiger partial charge in [-0.05, 0) is 68.2 Å². The minimum atomic E-state index is 0.546. The van der Waals surface area contributed by atoms with Crippen LogP contribution in [0.15, 0.2) is 67.0 Å². The predicted molar refractivity (Wildman–Crippen MR) is 129 cm³/mol. The van der Waals surface area contributed by atoms with Gasteiger partial charge in [-0.3, -0.25) is 14.5 Å². The molecule has 2 aromatic heterocycles. The molecule has 4 aromatic rings. The Hall–Kier alpha value is -3.49. The van der Waals surface area contributed by atoms with Gasteiger partial charge >= 0.3 is 0 Å². The summed E-state index contributed by atoms with van der Waals surface area (Å²) in [6.07, 6.45) is 3.54. The zero-order valence-corrected chi connectivity index (χ0v) is 19.5. The number of rotatable bonds is 6. The number of nitrogens with zero attached hydrogens (tertiary/aromatic N) is 5. The molecule has 0 atom stereocenters. The van der Waals surface area contributed by atoms with Crippen LogP contribution >= 0.6 is 12.2 Å². The van der Waals surface area contributed by atoms with Crippen molar-refractivity contribution in [1.82, 2.24) is 24.2 Å². The number of fused-ring (bicyclic) bond motifs is 1. The highest BCUT2D eigenvalue weighted by molar-refractivity contribution is 7.71. The topological polar surface area (TPSA) is 57.3 Å². The van der Waals surface area contributed by atoms with E-state index in [1.807, 2.05) is 33.5 Å². The first-order valence-electron chi connectivity index (χ1n) is 10.8. The average molecular weight is 460 g/mol. The van der Waals surface area contributed by atoms with Gasteiger partial charge in [-0.15, -0.1) is 5.10 Å². The first kappa shape index (κ1) is 21.4. The average Bonchev–Trinajstić information content (AvgIpc) is 3.16. The Balaban J connectivity index is 1.44. The summed E-state index contributed by atoms with van der Waals surface area (Å²) < 4.78 is 15.9. The second-order valence-corrected chi connectivity index (χ2v) is 8.51. The van der Waals surface area contributed by atoms with Crippen molar-refractivity contribution in [1.29, 1.82) is 0 Å². The van der Waals surface area contributed by atoms with Crippen molar-refractivity contribution >= 4 is 12.2 Å². The van der Waals surface area contributed by atoms with Gasteiger partial charge in [0.25, 0.3) is 0 Å². The molecular weight excluding hydrogens is 434 g/mol. The molecule has 0 amide bonds. The Kier molecular flexibility index (Phi) is 5.93. The summed E-state index contributed by atoms with van der Waals surface area (Å²) in [6.45, 7) is 4.51. The quantitative estimate of drug-likeness (QED) is 0.392. The molecule has 2 aromatic carbocycles. The third-order valence-electron chi connectivity index (χ3n) is 5.50. The zero-order valence-electron chi connectivity index (χ0n) is 18.6. The van der Waals surface area contributed by atoms with E-state index in [0.29, 0.717) is 24.7 Å². The number of aryl methyl sites for hydroxylation is 1. The second kappa shape index (κ2) is 9.17. The molecule has 0 spiro atoms. The lowest BCUT2D eigenvalue weighted by Gasteiger charge is -2.21. The summed E-state index contributed by atoms with van der Waals surface area (Å²) in [5.74, 6) is 2.39. The Labute approximate surface area is 197 Å². The molecule has 168 valence electrons. The molecule has 0 N–H and O–H groups in total. The standard InChI is InChI=1S/C25H25N5O2S/c1-18-3-6-21(7-4-18)30-24(20-9-11-26-12-10-20)27-29(25(30)33)17-28(2)16-19-5-8-22-23(15-19)32-14-13-31-22/h3-12,15H,13-14,16-17H2,1-2H3. The Morgan fingerprint density at radius 2 is 1.70 bits per heavy atom. The van der Waals surface area contributed by atoms with E-state index in [4.69, 9.17) is 26.8 Å². The van der Waals surface area contributed by atoms with Crippen LogP contribution in [0.5, 0.6) is 11.5 Å². The van der Waals surface area contributed by atoms with Crippen LogP contribution in [-0.4, -0.2) is 44.5 Å². The van der Waals surface area contributed by atoms with Crippen LogP contribution in [0.25, 0.3) is 17.1 Å². The van der Waals surface area contributed by atoms with E-state index in [2.05, 4.69) is 54.2 Å². The highest BCUT2D eigenvalue weighted by Gasteiger charge is 2.17. The highest BCUT2D eigenvalue weighted by atomic mass is 32.1. The molecule has 1 aliphatic heterocycles. The molecule has 0 unspecified atom stereocenters. The normalized spacial score (nSPS) is 12.8. The molecule has 5 rings (SSSR count). The molecule has 3 heterocycles. The number of hydrogen-bond donors (Lipinski definition) is 0. The lowest BCUT2D eigenvalue weighted by molar-refractivity contribution is 0.171. The smallest absolute Gasteiger partial charge is 0.204 e.